The van der Waals surface area contributed by atoms with E-state index in [2.05, 4.69) is 91.0 Å². The van der Waals surface area contributed by atoms with Crippen molar-refractivity contribution in [1.29, 1.82) is 0 Å². The Morgan fingerprint density at radius 3 is 1.16 bits per heavy atom. The summed E-state index contributed by atoms with van der Waals surface area (Å²) >= 11 is 0. The van der Waals surface area contributed by atoms with Crippen molar-refractivity contribution in [3.05, 3.63) is 137 Å². The number of hydrogen-bond donors (Lipinski definition) is 1. The third-order valence-electron chi connectivity index (χ3n) is 5.98. The molecule has 156 valence electrons. The molecule has 4 aromatic rings. The van der Waals surface area contributed by atoms with Crippen LogP contribution >= 0.6 is 0 Å². The molecular weight excluding hydrogens is 376 g/mol. The van der Waals surface area contributed by atoms with Gasteiger partial charge in [-0.2, -0.15) is 0 Å². The van der Waals surface area contributed by atoms with Crippen molar-refractivity contribution in [2.75, 3.05) is 0 Å². The summed E-state index contributed by atoms with van der Waals surface area (Å²) in [5.74, 6) is 0.384. The highest BCUT2D eigenvalue weighted by Gasteiger charge is 2.12. The Balaban J connectivity index is 1.58. The molecule has 0 aromatic heterocycles. The van der Waals surface area contributed by atoms with Gasteiger partial charge in [-0.25, -0.2) is 0 Å². The van der Waals surface area contributed by atoms with Crippen LogP contribution in [0.3, 0.4) is 0 Å². The Morgan fingerprint density at radius 2 is 0.774 bits per heavy atom. The van der Waals surface area contributed by atoms with Crippen molar-refractivity contribution in [2.24, 2.45) is 0 Å². The summed E-state index contributed by atoms with van der Waals surface area (Å²) in [5.41, 5.74) is 8.01. The molecule has 0 spiro atoms. The Bertz CT molecular complexity index is 1000. The van der Waals surface area contributed by atoms with Gasteiger partial charge in [-0.15, -0.1) is 0 Å². The molecule has 0 aliphatic carbocycles. The topological polar surface area (TPSA) is 20.2 Å². The number of aromatic hydroxyl groups is 1. The van der Waals surface area contributed by atoms with Gasteiger partial charge in [0.05, 0.1) is 0 Å². The van der Waals surface area contributed by atoms with Crippen LogP contribution < -0.4 is 0 Å². The minimum atomic E-state index is 0.384. The quantitative estimate of drug-likeness (QED) is 0.326. The lowest BCUT2D eigenvalue weighted by molar-refractivity contribution is 0.473. The second kappa shape index (κ2) is 10.6. The first-order valence-corrected chi connectivity index (χ1v) is 11.2. The molecule has 1 heteroatoms. The lowest BCUT2D eigenvalue weighted by atomic mass is 9.89. The van der Waals surface area contributed by atoms with E-state index in [1.807, 2.05) is 12.1 Å². The summed E-state index contributed by atoms with van der Waals surface area (Å²) in [6.07, 6.45) is 5.88. The van der Waals surface area contributed by atoms with E-state index in [1.54, 1.807) is 0 Å². The van der Waals surface area contributed by atoms with Gasteiger partial charge in [-0.1, -0.05) is 91.0 Å². The largest absolute Gasteiger partial charge is 0.508 e. The Kier molecular flexibility index (Phi) is 7.18. The van der Waals surface area contributed by atoms with Crippen LogP contribution in [-0.4, -0.2) is 5.11 Å². The molecule has 1 nitrogen and oxygen atoms in total. The van der Waals surface area contributed by atoms with Gasteiger partial charge in [0.1, 0.15) is 5.75 Å². The molecule has 0 aliphatic rings. The molecule has 0 heterocycles. The minimum Gasteiger partial charge on any atom is -0.508 e. The smallest absolute Gasteiger partial charge is 0.116 e. The molecular formula is C30H30O. The predicted octanol–water partition coefficient (Wildman–Crippen LogP) is 6.75. The van der Waals surface area contributed by atoms with Gasteiger partial charge in [-0.05, 0) is 84.0 Å². The van der Waals surface area contributed by atoms with Crippen molar-refractivity contribution in [3.63, 3.8) is 0 Å². The Labute approximate surface area is 186 Å². The fraction of sp³-hybridized carbons (Fsp3) is 0.200. The molecule has 0 radical (unpaired) electrons. The van der Waals surface area contributed by atoms with E-state index >= 15 is 0 Å². The molecule has 4 rings (SSSR count). The van der Waals surface area contributed by atoms with Crippen LogP contribution in [0.15, 0.2) is 103 Å². The monoisotopic (exact) mass is 406 g/mol. The van der Waals surface area contributed by atoms with Crippen molar-refractivity contribution in [1.82, 2.24) is 0 Å². The Morgan fingerprint density at radius 1 is 0.419 bits per heavy atom. The zero-order valence-electron chi connectivity index (χ0n) is 18.0. The summed E-state index contributed by atoms with van der Waals surface area (Å²) in [6.45, 7) is 0. The second-order valence-electron chi connectivity index (χ2n) is 8.20. The first-order valence-electron chi connectivity index (χ1n) is 11.2. The number of rotatable bonds is 9. The summed E-state index contributed by atoms with van der Waals surface area (Å²) < 4.78 is 0. The standard InChI is InChI=1S/C30H30O/c31-29-22-27(19-16-24-10-4-1-5-11-24)30(21-18-26-14-8-3-9-15-26)28(23-29)20-17-25-12-6-2-7-13-25/h1-15,22-23,31H,16-21H2. The fourth-order valence-electron chi connectivity index (χ4n) is 4.31. The van der Waals surface area contributed by atoms with Crippen LogP contribution in [-0.2, 0) is 38.5 Å². The molecule has 0 unspecified atom stereocenters. The molecule has 0 saturated heterocycles. The molecule has 1 N–H and O–H groups in total. The summed E-state index contributed by atoms with van der Waals surface area (Å²) in [7, 11) is 0. The van der Waals surface area contributed by atoms with Crippen LogP contribution in [0.2, 0.25) is 0 Å². The van der Waals surface area contributed by atoms with Crippen LogP contribution in [0, 0.1) is 0 Å². The highest BCUT2D eigenvalue weighted by molar-refractivity contribution is 5.43. The average molecular weight is 407 g/mol. The van der Waals surface area contributed by atoms with Crippen molar-refractivity contribution < 1.29 is 5.11 Å². The third-order valence-corrected chi connectivity index (χ3v) is 5.98. The zero-order chi connectivity index (χ0) is 21.3. The van der Waals surface area contributed by atoms with Gasteiger partial charge in [0, 0.05) is 0 Å². The van der Waals surface area contributed by atoms with E-state index in [4.69, 9.17) is 0 Å². The van der Waals surface area contributed by atoms with Gasteiger partial charge in [-0.3, -0.25) is 0 Å². The maximum Gasteiger partial charge on any atom is 0.116 e. The van der Waals surface area contributed by atoms with Crippen LogP contribution in [0.4, 0.5) is 0 Å². The lowest BCUT2D eigenvalue weighted by Crippen LogP contribution is -2.05. The predicted molar refractivity (Wildman–Crippen MR) is 130 cm³/mol. The first kappa shape index (κ1) is 20.9. The number of hydrogen-bond acceptors (Lipinski definition) is 1. The molecule has 0 bridgehead atoms. The molecule has 0 amide bonds. The van der Waals surface area contributed by atoms with E-state index < -0.39 is 0 Å². The SMILES string of the molecule is Oc1cc(CCc2ccccc2)c(CCc2ccccc2)c(CCc2ccccc2)c1. The van der Waals surface area contributed by atoms with Crippen molar-refractivity contribution in [3.8, 4) is 5.75 Å². The maximum absolute atomic E-state index is 10.5. The lowest BCUT2D eigenvalue weighted by Gasteiger charge is -2.17. The molecule has 31 heavy (non-hydrogen) atoms. The van der Waals surface area contributed by atoms with E-state index in [0.29, 0.717) is 5.75 Å². The van der Waals surface area contributed by atoms with E-state index in [-0.39, 0.29) is 0 Å². The van der Waals surface area contributed by atoms with Gasteiger partial charge in [0.15, 0.2) is 0 Å². The highest BCUT2D eigenvalue weighted by Crippen LogP contribution is 2.26. The van der Waals surface area contributed by atoms with Crippen molar-refractivity contribution in [2.45, 2.75) is 38.5 Å². The number of phenols is 1. The molecule has 4 aromatic carbocycles. The second-order valence-corrected chi connectivity index (χ2v) is 8.20. The first-order chi connectivity index (χ1) is 15.3. The molecule has 0 saturated carbocycles. The van der Waals surface area contributed by atoms with Gasteiger partial charge in [0.2, 0.25) is 0 Å². The average Bonchev–Trinajstić information content (AvgIpc) is 2.82. The highest BCUT2D eigenvalue weighted by atomic mass is 16.3. The van der Waals surface area contributed by atoms with E-state index in [9.17, 15) is 5.11 Å². The van der Waals surface area contributed by atoms with Crippen molar-refractivity contribution >= 4 is 0 Å². The summed E-state index contributed by atoms with van der Waals surface area (Å²) in [4.78, 5) is 0. The van der Waals surface area contributed by atoms with Crippen LogP contribution in [0.5, 0.6) is 5.75 Å². The van der Waals surface area contributed by atoms with Gasteiger partial charge in [0.25, 0.3) is 0 Å². The molecule has 0 fully saturated rings. The van der Waals surface area contributed by atoms with E-state index in [1.165, 1.54) is 33.4 Å². The van der Waals surface area contributed by atoms with Crippen LogP contribution in [0.25, 0.3) is 0 Å². The fourth-order valence-corrected chi connectivity index (χ4v) is 4.31. The summed E-state index contributed by atoms with van der Waals surface area (Å²) in [5, 5.41) is 10.5. The number of phenolic OH excluding ortho intramolecular Hbond substituents is 1. The van der Waals surface area contributed by atoms with Gasteiger partial charge < -0.3 is 5.11 Å². The Hall–Kier alpha value is -3.32. The maximum atomic E-state index is 10.5. The molecule has 0 aliphatic heterocycles. The van der Waals surface area contributed by atoms with Crippen LogP contribution in [0.1, 0.15) is 33.4 Å². The van der Waals surface area contributed by atoms with Gasteiger partial charge >= 0.3 is 0 Å². The minimum absolute atomic E-state index is 0.384. The molecule has 0 atom stereocenters. The third kappa shape index (κ3) is 6.08. The zero-order valence-corrected chi connectivity index (χ0v) is 18.0. The number of aryl methyl sites for hydroxylation is 5. The van der Waals surface area contributed by atoms with E-state index in [0.717, 1.165) is 38.5 Å². The normalized spacial score (nSPS) is 10.8. The summed E-state index contributed by atoms with van der Waals surface area (Å²) in [6, 6.07) is 35.9. The number of benzene rings is 4.